The number of carboxylic acids is 1. The first-order chi connectivity index (χ1) is 10.5. The zero-order chi connectivity index (χ0) is 15.9. The molecule has 0 spiro atoms. The van der Waals surface area contributed by atoms with Crippen molar-refractivity contribution in [1.82, 2.24) is 14.6 Å². The molecule has 1 aromatic carbocycles. The summed E-state index contributed by atoms with van der Waals surface area (Å²) < 4.78 is 16.0. The molecule has 0 aliphatic rings. The molecule has 3 aromatic rings. The van der Waals surface area contributed by atoms with Gasteiger partial charge in [0.25, 0.3) is 0 Å². The van der Waals surface area contributed by atoms with E-state index in [1.54, 1.807) is 12.1 Å². The Morgan fingerprint density at radius 2 is 2.13 bits per heavy atom. The predicted molar refractivity (Wildman–Crippen MR) is 79.8 cm³/mol. The Balaban J connectivity index is 0.00000192. The molecule has 0 aliphatic heterocycles. The van der Waals surface area contributed by atoms with Gasteiger partial charge in [0, 0.05) is 10.0 Å². The van der Waals surface area contributed by atoms with Crippen LogP contribution in [0.25, 0.3) is 16.9 Å². The van der Waals surface area contributed by atoms with Crippen molar-refractivity contribution in [3.8, 4) is 11.3 Å². The molecule has 2 heterocycles. The zero-order valence-corrected chi connectivity index (χ0v) is 17.2. The van der Waals surface area contributed by atoms with Gasteiger partial charge in [-0.3, -0.25) is 0 Å². The zero-order valence-electron chi connectivity index (χ0n) is 12.5. The van der Waals surface area contributed by atoms with Gasteiger partial charge in [0.15, 0.2) is 5.65 Å². The molecule has 0 radical (unpaired) electrons. The van der Waals surface area contributed by atoms with Crippen molar-refractivity contribution < 1.29 is 65.7 Å². The molecule has 0 fully saturated rings. The van der Waals surface area contributed by atoms with Crippen molar-refractivity contribution in [2.45, 2.75) is 13.3 Å². The summed E-state index contributed by atoms with van der Waals surface area (Å²) in [5.74, 6) is -1.78. The number of fused-ring (bicyclic) bond motifs is 1. The Bertz CT molecular complexity index is 898. The number of aryl methyl sites for hydroxylation is 1. The molecule has 0 atom stereocenters. The minimum atomic E-state index is -1.36. The summed E-state index contributed by atoms with van der Waals surface area (Å²) in [6.07, 6.45) is 2.08. The maximum Gasteiger partial charge on any atom is 1.00 e. The minimum Gasteiger partial charge on any atom is -0.543 e. The van der Waals surface area contributed by atoms with Crippen LogP contribution in [-0.4, -0.2) is 20.6 Å². The van der Waals surface area contributed by atoms with Crippen LogP contribution in [0.5, 0.6) is 0 Å². The molecule has 8 heteroatoms. The van der Waals surface area contributed by atoms with E-state index >= 15 is 0 Å². The van der Waals surface area contributed by atoms with Gasteiger partial charge >= 0.3 is 51.4 Å². The van der Waals surface area contributed by atoms with Crippen molar-refractivity contribution in [2.75, 3.05) is 0 Å². The quantitative estimate of drug-likeness (QED) is 0.540. The van der Waals surface area contributed by atoms with Gasteiger partial charge in [-0.15, -0.1) is 0 Å². The summed E-state index contributed by atoms with van der Waals surface area (Å²) in [4.78, 5) is 15.4. The third kappa shape index (κ3) is 3.72. The maximum absolute atomic E-state index is 14.1. The SMILES string of the molecule is CCc1cc(C(=O)[O-])nn2cc(-c3ccc(Br)cc3F)nc12.[K+]. The van der Waals surface area contributed by atoms with Gasteiger partial charge in [0.1, 0.15) is 11.5 Å². The number of aromatic carboxylic acids is 1. The van der Waals surface area contributed by atoms with E-state index in [2.05, 4.69) is 26.0 Å². The fourth-order valence-electron chi connectivity index (χ4n) is 2.23. The smallest absolute Gasteiger partial charge is 0.543 e. The molecule has 0 aliphatic carbocycles. The molecule has 0 amide bonds. The van der Waals surface area contributed by atoms with Gasteiger partial charge in [-0.05, 0) is 36.2 Å². The van der Waals surface area contributed by atoms with Crippen LogP contribution in [0.1, 0.15) is 23.0 Å². The molecule has 112 valence electrons. The number of carboxylic acid groups (broad SMARTS) is 1. The van der Waals surface area contributed by atoms with Gasteiger partial charge in [-0.2, -0.15) is 5.10 Å². The van der Waals surface area contributed by atoms with Crippen LogP contribution >= 0.6 is 15.9 Å². The van der Waals surface area contributed by atoms with Crippen molar-refractivity contribution in [3.63, 3.8) is 0 Å². The van der Waals surface area contributed by atoms with E-state index in [-0.39, 0.29) is 57.1 Å². The third-order valence-corrected chi connectivity index (χ3v) is 3.79. The van der Waals surface area contributed by atoms with Crippen molar-refractivity contribution in [3.05, 3.63) is 52.0 Å². The number of carbonyl (C=O) groups is 1. The molecule has 3 rings (SSSR count). The third-order valence-electron chi connectivity index (χ3n) is 3.30. The van der Waals surface area contributed by atoms with E-state index in [4.69, 9.17) is 0 Å². The first-order valence-corrected chi connectivity index (χ1v) is 7.35. The average molecular weight is 402 g/mol. The van der Waals surface area contributed by atoms with E-state index in [1.807, 2.05) is 6.92 Å². The Hall–Kier alpha value is -0.644. The number of benzene rings is 1. The van der Waals surface area contributed by atoms with Gasteiger partial charge in [0.05, 0.1) is 17.9 Å². The van der Waals surface area contributed by atoms with Crippen molar-refractivity contribution >= 4 is 27.5 Å². The predicted octanol–water partition coefficient (Wildman–Crippen LogP) is -0.772. The topological polar surface area (TPSA) is 70.3 Å². The number of hydrogen-bond donors (Lipinski definition) is 0. The van der Waals surface area contributed by atoms with Crippen LogP contribution in [0.15, 0.2) is 34.9 Å². The molecule has 5 nitrogen and oxygen atoms in total. The van der Waals surface area contributed by atoms with Gasteiger partial charge in [-0.25, -0.2) is 13.9 Å². The van der Waals surface area contributed by atoms with Gasteiger partial charge < -0.3 is 9.90 Å². The second-order valence-electron chi connectivity index (χ2n) is 4.71. The van der Waals surface area contributed by atoms with E-state index in [9.17, 15) is 14.3 Å². The summed E-state index contributed by atoms with van der Waals surface area (Å²) in [7, 11) is 0. The number of nitrogens with zero attached hydrogens (tertiary/aromatic N) is 3. The fraction of sp³-hybridized carbons (Fsp3) is 0.133. The summed E-state index contributed by atoms with van der Waals surface area (Å²) in [6.45, 7) is 1.88. The standard InChI is InChI=1S/C15H11BrFN3O2.K/c1-2-8-5-12(15(21)22)19-20-7-13(18-14(8)20)10-4-3-9(16)6-11(10)17;/h3-7H,2H2,1H3,(H,21,22);/q;+1/p-1. The van der Waals surface area contributed by atoms with Crippen LogP contribution in [0.2, 0.25) is 0 Å². The fourth-order valence-corrected chi connectivity index (χ4v) is 2.56. The van der Waals surface area contributed by atoms with E-state index < -0.39 is 11.8 Å². The Morgan fingerprint density at radius 1 is 1.39 bits per heavy atom. The molecule has 0 N–H and O–H groups in total. The van der Waals surface area contributed by atoms with E-state index in [0.29, 0.717) is 33.4 Å². The number of rotatable bonds is 3. The Kier molecular flexibility index (Phi) is 6.09. The summed E-state index contributed by atoms with van der Waals surface area (Å²) in [5, 5.41) is 14.9. The normalized spacial score (nSPS) is 10.6. The summed E-state index contributed by atoms with van der Waals surface area (Å²) in [5.41, 5.74) is 1.75. The summed E-state index contributed by atoms with van der Waals surface area (Å²) >= 11 is 3.20. The van der Waals surface area contributed by atoms with Crippen LogP contribution in [0, 0.1) is 5.82 Å². The first-order valence-electron chi connectivity index (χ1n) is 6.55. The van der Waals surface area contributed by atoms with Gasteiger partial charge in [-0.1, -0.05) is 22.9 Å². The summed E-state index contributed by atoms with van der Waals surface area (Å²) in [6, 6.07) is 6.09. The number of imidazole rings is 1. The van der Waals surface area contributed by atoms with E-state index in [0.717, 1.165) is 0 Å². The van der Waals surface area contributed by atoms with E-state index in [1.165, 1.54) is 22.8 Å². The second kappa shape index (κ2) is 7.50. The molecule has 0 bridgehead atoms. The molecular weight excluding hydrogens is 392 g/mol. The monoisotopic (exact) mass is 401 g/mol. The largest absolute Gasteiger partial charge is 1.00 e. The molecule has 23 heavy (non-hydrogen) atoms. The van der Waals surface area contributed by atoms with Crippen LogP contribution in [0.3, 0.4) is 0 Å². The number of hydrogen-bond acceptors (Lipinski definition) is 4. The number of carbonyl (C=O) groups excluding carboxylic acids is 1. The molecule has 0 saturated heterocycles. The molecule has 2 aromatic heterocycles. The van der Waals surface area contributed by atoms with Crippen LogP contribution < -0.4 is 56.5 Å². The van der Waals surface area contributed by atoms with Crippen LogP contribution in [0.4, 0.5) is 4.39 Å². The second-order valence-corrected chi connectivity index (χ2v) is 5.63. The molecule has 0 saturated carbocycles. The average Bonchev–Trinajstić information content (AvgIpc) is 2.89. The first kappa shape index (κ1) is 18.7. The Morgan fingerprint density at radius 3 is 2.74 bits per heavy atom. The maximum atomic E-state index is 14.1. The number of aromatic nitrogens is 3. The van der Waals surface area contributed by atoms with Gasteiger partial charge in [0.2, 0.25) is 0 Å². The minimum absolute atomic E-state index is 0. The molecular formula is C15H10BrFKN3O2. The van der Waals surface area contributed by atoms with Crippen molar-refractivity contribution in [1.29, 1.82) is 0 Å². The van der Waals surface area contributed by atoms with Crippen molar-refractivity contribution in [2.24, 2.45) is 0 Å². The molecule has 0 unspecified atom stereocenters. The Labute approximate surface area is 182 Å². The number of halogens is 2. The van der Waals surface area contributed by atoms with Crippen LogP contribution in [-0.2, 0) is 6.42 Å².